The van der Waals surface area contributed by atoms with E-state index in [4.69, 9.17) is 0 Å². The van der Waals surface area contributed by atoms with Crippen LogP contribution >= 0.6 is 0 Å². The molecule has 2 aromatic carbocycles. The highest BCUT2D eigenvalue weighted by atomic mass is 19.1. The van der Waals surface area contributed by atoms with E-state index in [0.29, 0.717) is 24.6 Å². The van der Waals surface area contributed by atoms with E-state index in [0.717, 1.165) is 19.3 Å². The molecule has 2 atom stereocenters. The molecular formula is C26H33FN2O2. The van der Waals surface area contributed by atoms with E-state index in [9.17, 15) is 14.0 Å². The van der Waals surface area contributed by atoms with Crippen molar-refractivity contribution in [3.63, 3.8) is 0 Å². The first kappa shape index (κ1) is 23.0. The van der Waals surface area contributed by atoms with Crippen molar-refractivity contribution < 1.29 is 14.0 Å². The zero-order valence-corrected chi connectivity index (χ0v) is 18.7. The van der Waals surface area contributed by atoms with E-state index in [2.05, 4.69) is 36.5 Å². The van der Waals surface area contributed by atoms with Gasteiger partial charge in [0.2, 0.25) is 11.8 Å². The summed E-state index contributed by atoms with van der Waals surface area (Å²) in [5.74, 6) is -0.132. The molecule has 1 heterocycles. The molecule has 2 aromatic rings. The van der Waals surface area contributed by atoms with Crippen molar-refractivity contribution in [2.75, 3.05) is 13.1 Å². The van der Waals surface area contributed by atoms with Gasteiger partial charge in [-0.25, -0.2) is 4.39 Å². The molecule has 0 aromatic heterocycles. The lowest BCUT2D eigenvalue weighted by Crippen LogP contribution is -2.53. The van der Waals surface area contributed by atoms with Crippen LogP contribution in [0, 0.1) is 18.7 Å². The van der Waals surface area contributed by atoms with Crippen molar-refractivity contribution in [1.82, 2.24) is 10.2 Å². The third-order valence-electron chi connectivity index (χ3n) is 6.40. The average Bonchev–Trinajstić information content (AvgIpc) is 2.77. The predicted molar refractivity (Wildman–Crippen MR) is 121 cm³/mol. The summed E-state index contributed by atoms with van der Waals surface area (Å²) in [6.07, 6.45) is 2.71. The topological polar surface area (TPSA) is 49.4 Å². The van der Waals surface area contributed by atoms with E-state index in [1.165, 1.54) is 23.3 Å². The molecule has 0 spiro atoms. The molecule has 166 valence electrons. The quantitative estimate of drug-likeness (QED) is 0.705. The second kappa shape index (κ2) is 10.6. The van der Waals surface area contributed by atoms with Crippen molar-refractivity contribution in [3.05, 3.63) is 71.0 Å². The van der Waals surface area contributed by atoms with Gasteiger partial charge < -0.3 is 10.2 Å². The van der Waals surface area contributed by atoms with E-state index in [1.807, 2.05) is 18.7 Å². The minimum Gasteiger partial charge on any atom is -0.344 e. The lowest BCUT2D eigenvalue weighted by molar-refractivity contribution is -0.138. The summed E-state index contributed by atoms with van der Waals surface area (Å²) >= 11 is 0. The smallest absolute Gasteiger partial charge is 0.245 e. The van der Waals surface area contributed by atoms with Crippen LogP contribution in [0.2, 0.25) is 0 Å². The van der Waals surface area contributed by atoms with Crippen LogP contribution in [0.3, 0.4) is 0 Å². The number of halogens is 1. The van der Waals surface area contributed by atoms with Gasteiger partial charge in [-0.1, -0.05) is 62.2 Å². The Balaban J connectivity index is 1.60. The molecule has 1 fully saturated rings. The van der Waals surface area contributed by atoms with Crippen LogP contribution < -0.4 is 5.32 Å². The summed E-state index contributed by atoms with van der Waals surface area (Å²) in [7, 11) is 0. The fourth-order valence-electron chi connectivity index (χ4n) is 4.21. The highest BCUT2D eigenvalue weighted by Gasteiger charge is 2.32. The molecule has 5 heteroatoms. The number of hydrogen-bond donors (Lipinski definition) is 1. The largest absolute Gasteiger partial charge is 0.344 e. The molecule has 1 aliphatic heterocycles. The van der Waals surface area contributed by atoms with Crippen LogP contribution in [0.1, 0.15) is 55.7 Å². The first-order valence-corrected chi connectivity index (χ1v) is 11.3. The number of nitrogens with one attached hydrogen (secondary N) is 1. The van der Waals surface area contributed by atoms with E-state index >= 15 is 0 Å². The summed E-state index contributed by atoms with van der Waals surface area (Å²) in [6, 6.07) is 14.1. The summed E-state index contributed by atoms with van der Waals surface area (Å²) < 4.78 is 13.4. The maximum Gasteiger partial charge on any atom is 0.245 e. The second-order valence-electron chi connectivity index (χ2n) is 8.75. The van der Waals surface area contributed by atoms with Crippen LogP contribution in [0.4, 0.5) is 4.39 Å². The number of aryl methyl sites for hydroxylation is 1. The highest BCUT2D eigenvalue weighted by molar-refractivity contribution is 5.88. The molecule has 0 bridgehead atoms. The minimum atomic E-state index is -0.554. The maximum atomic E-state index is 13.4. The standard InChI is InChI=1S/C26H33FN2O2/c1-4-19(3)25(28-24(30)17-20-6-5-7-23(27)16-20)26(31)29-14-12-22(13-15-29)21-10-8-18(2)9-11-21/h5-11,16,19,22,25H,4,12-15,17H2,1-3H3,(H,28,30)/t19-,25-/m1/s1. The van der Waals surface area contributed by atoms with E-state index in [-0.39, 0.29) is 30.0 Å². The number of amides is 2. The predicted octanol–water partition coefficient (Wildman–Crippen LogP) is 4.61. The molecular weight excluding hydrogens is 391 g/mol. The molecule has 1 N–H and O–H groups in total. The number of carbonyl (C=O) groups excluding carboxylic acids is 2. The number of piperidine rings is 1. The van der Waals surface area contributed by atoms with Gasteiger partial charge in [0.25, 0.3) is 0 Å². The van der Waals surface area contributed by atoms with Crippen LogP contribution in [-0.4, -0.2) is 35.8 Å². The number of rotatable bonds is 7. The SMILES string of the molecule is CC[C@@H](C)[C@@H](NC(=O)Cc1cccc(F)c1)C(=O)N1CCC(c2ccc(C)cc2)CC1. The van der Waals surface area contributed by atoms with E-state index in [1.54, 1.807) is 12.1 Å². The van der Waals surface area contributed by atoms with Crippen molar-refractivity contribution >= 4 is 11.8 Å². The number of benzene rings is 2. The minimum absolute atomic E-state index is 0.00991. The summed E-state index contributed by atoms with van der Waals surface area (Å²) in [6.45, 7) is 7.49. The average molecular weight is 425 g/mol. The fourth-order valence-corrected chi connectivity index (χ4v) is 4.21. The van der Waals surface area contributed by atoms with Gasteiger partial charge in [0.1, 0.15) is 11.9 Å². The Labute approximate surface area is 184 Å². The molecule has 0 aliphatic carbocycles. The van der Waals surface area contributed by atoms with Crippen LogP contribution in [-0.2, 0) is 16.0 Å². The van der Waals surface area contributed by atoms with Crippen molar-refractivity contribution in [2.24, 2.45) is 5.92 Å². The van der Waals surface area contributed by atoms with Crippen molar-refractivity contribution in [1.29, 1.82) is 0 Å². The normalized spacial score (nSPS) is 16.6. The molecule has 2 amide bonds. The molecule has 0 saturated carbocycles. The molecule has 1 aliphatic rings. The molecule has 3 rings (SSSR count). The van der Waals surface area contributed by atoms with Gasteiger partial charge in [-0.15, -0.1) is 0 Å². The summed E-state index contributed by atoms with van der Waals surface area (Å²) in [4.78, 5) is 27.8. The van der Waals surface area contributed by atoms with Gasteiger partial charge in [0.05, 0.1) is 6.42 Å². The lowest BCUT2D eigenvalue weighted by atomic mass is 9.88. The van der Waals surface area contributed by atoms with Gasteiger partial charge >= 0.3 is 0 Å². The molecule has 31 heavy (non-hydrogen) atoms. The van der Waals surface area contributed by atoms with Crippen molar-refractivity contribution in [2.45, 2.75) is 58.4 Å². The first-order chi connectivity index (χ1) is 14.9. The van der Waals surface area contributed by atoms with Crippen LogP contribution in [0.25, 0.3) is 0 Å². The number of nitrogens with zero attached hydrogens (tertiary/aromatic N) is 1. The Morgan fingerprint density at radius 1 is 1.13 bits per heavy atom. The Bertz CT molecular complexity index is 889. The van der Waals surface area contributed by atoms with Crippen molar-refractivity contribution in [3.8, 4) is 0 Å². The molecule has 4 nitrogen and oxygen atoms in total. The monoisotopic (exact) mass is 424 g/mol. The zero-order valence-electron chi connectivity index (χ0n) is 18.7. The van der Waals surface area contributed by atoms with Gasteiger partial charge in [0, 0.05) is 13.1 Å². The summed E-state index contributed by atoms with van der Waals surface area (Å²) in [5, 5.41) is 2.93. The zero-order chi connectivity index (χ0) is 22.4. The van der Waals surface area contributed by atoms with Gasteiger partial charge in [0.15, 0.2) is 0 Å². The molecule has 0 unspecified atom stereocenters. The Morgan fingerprint density at radius 3 is 2.42 bits per heavy atom. The van der Waals surface area contributed by atoms with Crippen LogP contribution in [0.5, 0.6) is 0 Å². The lowest BCUT2D eigenvalue weighted by Gasteiger charge is -2.36. The van der Waals surface area contributed by atoms with Crippen LogP contribution in [0.15, 0.2) is 48.5 Å². The van der Waals surface area contributed by atoms with E-state index < -0.39 is 6.04 Å². The Hall–Kier alpha value is -2.69. The van der Waals surface area contributed by atoms with Gasteiger partial charge in [-0.2, -0.15) is 0 Å². The number of likely N-dealkylation sites (tertiary alicyclic amines) is 1. The second-order valence-corrected chi connectivity index (χ2v) is 8.75. The molecule has 1 saturated heterocycles. The maximum absolute atomic E-state index is 13.4. The highest BCUT2D eigenvalue weighted by Crippen LogP contribution is 2.29. The Morgan fingerprint density at radius 2 is 1.81 bits per heavy atom. The molecule has 0 radical (unpaired) electrons. The Kier molecular flexibility index (Phi) is 7.83. The third kappa shape index (κ3) is 6.16. The number of hydrogen-bond acceptors (Lipinski definition) is 2. The fraction of sp³-hybridized carbons (Fsp3) is 0.462. The summed E-state index contributed by atoms with van der Waals surface area (Å²) in [5.41, 5.74) is 3.19. The van der Waals surface area contributed by atoms with Gasteiger partial charge in [-0.3, -0.25) is 9.59 Å². The third-order valence-corrected chi connectivity index (χ3v) is 6.40. The first-order valence-electron chi connectivity index (χ1n) is 11.3. The van der Waals surface area contributed by atoms with Gasteiger partial charge in [-0.05, 0) is 54.9 Å². The number of carbonyl (C=O) groups is 2.